The van der Waals surface area contributed by atoms with E-state index in [9.17, 15) is 0 Å². The topological polar surface area (TPSA) is 39.8 Å². The summed E-state index contributed by atoms with van der Waals surface area (Å²) < 4.78 is 0. The van der Waals surface area contributed by atoms with Gasteiger partial charge in [0.2, 0.25) is 0 Å². The number of hydrogen-bond acceptors (Lipinski definition) is 5. The van der Waals surface area contributed by atoms with Gasteiger partial charge in [-0.3, -0.25) is 9.74 Å². The molecule has 0 aliphatic carbocycles. The van der Waals surface area contributed by atoms with Crippen LogP contribution in [-0.2, 0) is 11.4 Å². The Labute approximate surface area is 273 Å². The second-order valence-electron chi connectivity index (χ2n) is 16.3. The van der Waals surface area contributed by atoms with Crippen LogP contribution in [0.15, 0.2) is 60.7 Å². The van der Waals surface area contributed by atoms with Gasteiger partial charge in [0.15, 0.2) is 0 Å². The summed E-state index contributed by atoms with van der Waals surface area (Å²) in [5, 5.41) is 9.05. The van der Waals surface area contributed by atoms with Crippen LogP contribution in [0.3, 0.4) is 0 Å². The Balaban J connectivity index is 0.000000296. The number of benzene rings is 2. The highest BCUT2D eigenvalue weighted by molar-refractivity contribution is 5.18. The molecule has 0 radical (unpaired) electrons. The molecule has 0 spiro atoms. The molecular formula is C39H70N4O. The zero-order chi connectivity index (χ0) is 33.4. The first-order valence-corrected chi connectivity index (χ1v) is 17.1. The highest BCUT2D eigenvalue weighted by Crippen LogP contribution is 2.20. The molecule has 4 rings (SSSR count). The fourth-order valence-electron chi connectivity index (χ4n) is 4.95. The van der Waals surface area contributed by atoms with Crippen molar-refractivity contribution in [3.05, 3.63) is 71.8 Å². The third kappa shape index (κ3) is 19.6. The van der Waals surface area contributed by atoms with E-state index >= 15 is 0 Å². The van der Waals surface area contributed by atoms with Gasteiger partial charge in [-0.1, -0.05) is 60.7 Å². The van der Waals surface area contributed by atoms with E-state index in [0.29, 0.717) is 11.6 Å². The zero-order valence-corrected chi connectivity index (χ0v) is 31.0. The molecule has 0 amide bonds. The highest BCUT2D eigenvalue weighted by Gasteiger charge is 2.24. The van der Waals surface area contributed by atoms with Crippen molar-refractivity contribution in [1.82, 2.24) is 20.6 Å². The molecule has 0 saturated carbocycles. The molecule has 252 valence electrons. The minimum absolute atomic E-state index is 0.176. The lowest BCUT2D eigenvalue weighted by Crippen LogP contribution is -2.44. The first kappa shape index (κ1) is 40.3. The summed E-state index contributed by atoms with van der Waals surface area (Å²) in [4.78, 5) is 8.02. The van der Waals surface area contributed by atoms with E-state index in [4.69, 9.17) is 4.84 Å². The molecule has 2 aromatic rings. The van der Waals surface area contributed by atoms with E-state index in [1.54, 1.807) is 0 Å². The van der Waals surface area contributed by atoms with Crippen molar-refractivity contribution < 1.29 is 4.84 Å². The number of likely N-dealkylation sites (tertiary alicyclic amines) is 1. The average Bonchev–Trinajstić information content (AvgIpc) is 3.49. The van der Waals surface area contributed by atoms with Gasteiger partial charge in [0.25, 0.3) is 0 Å². The van der Waals surface area contributed by atoms with Crippen molar-refractivity contribution in [2.75, 3.05) is 26.2 Å². The van der Waals surface area contributed by atoms with Crippen molar-refractivity contribution in [3.8, 4) is 0 Å². The maximum atomic E-state index is 5.48. The van der Waals surface area contributed by atoms with Crippen molar-refractivity contribution in [2.45, 2.75) is 150 Å². The van der Waals surface area contributed by atoms with Crippen LogP contribution in [0.25, 0.3) is 0 Å². The fourth-order valence-corrected chi connectivity index (χ4v) is 4.95. The first-order valence-electron chi connectivity index (χ1n) is 17.1. The van der Waals surface area contributed by atoms with Gasteiger partial charge in [-0.05, 0) is 140 Å². The molecule has 5 heteroatoms. The summed E-state index contributed by atoms with van der Waals surface area (Å²) in [5.41, 5.74) is 3.66. The Morgan fingerprint density at radius 3 is 1.50 bits per heavy atom. The molecule has 2 aliphatic heterocycles. The van der Waals surface area contributed by atoms with Crippen molar-refractivity contribution in [2.24, 2.45) is 0 Å². The van der Waals surface area contributed by atoms with Crippen LogP contribution in [0.2, 0.25) is 0 Å². The standard InChI is InChI=1S/C12H19N.C11H17N.C8H17NO.C8H17N/c1-10(13-12(2,3)4)11-8-6-5-7-9-11;1-11(2,3)12-9-10-7-5-4-6-8-10;1-8(2,3)9-6-4-5-7-10-9;1-8(2,3)9-6-4-5-7-9/h5-10,13H,1-4H3;4-8,12H,9H2,1-3H3;4-7H2,1-3H3;4-7H2,1-3H3. The second-order valence-corrected chi connectivity index (χ2v) is 16.3. The fraction of sp³-hybridized carbons (Fsp3) is 0.692. The molecular weight excluding hydrogens is 540 g/mol. The molecule has 1 unspecified atom stereocenters. The predicted octanol–water partition coefficient (Wildman–Crippen LogP) is 9.40. The van der Waals surface area contributed by atoms with E-state index in [-0.39, 0.29) is 16.6 Å². The summed E-state index contributed by atoms with van der Waals surface area (Å²) in [6.07, 6.45) is 5.29. The van der Waals surface area contributed by atoms with Gasteiger partial charge in [0, 0.05) is 41.3 Å². The average molecular weight is 611 g/mol. The van der Waals surface area contributed by atoms with Gasteiger partial charge in [-0.25, -0.2) is 0 Å². The lowest BCUT2D eigenvalue weighted by Gasteiger charge is -2.36. The van der Waals surface area contributed by atoms with E-state index < -0.39 is 0 Å². The Morgan fingerprint density at radius 1 is 0.636 bits per heavy atom. The van der Waals surface area contributed by atoms with Crippen LogP contribution >= 0.6 is 0 Å². The Bertz CT molecular complexity index is 969. The highest BCUT2D eigenvalue weighted by atomic mass is 16.7. The number of hydroxylamine groups is 2. The van der Waals surface area contributed by atoms with Gasteiger partial charge in [-0.15, -0.1) is 0 Å². The van der Waals surface area contributed by atoms with Crippen LogP contribution in [0.4, 0.5) is 0 Å². The van der Waals surface area contributed by atoms with Crippen LogP contribution < -0.4 is 10.6 Å². The maximum Gasteiger partial charge on any atom is 0.0685 e. The van der Waals surface area contributed by atoms with E-state index in [2.05, 4.69) is 159 Å². The SMILES string of the molecule is CC(C)(C)N1CCCC1.CC(C)(C)N1CCCCO1.CC(C)(C)NCc1ccccc1.CC(NC(C)(C)C)c1ccccc1. The van der Waals surface area contributed by atoms with Crippen molar-refractivity contribution >= 4 is 0 Å². The minimum Gasteiger partial charge on any atom is -0.308 e. The molecule has 2 N–H and O–H groups in total. The molecule has 0 bridgehead atoms. The smallest absolute Gasteiger partial charge is 0.0685 e. The molecule has 1 atom stereocenters. The third-order valence-electron chi connectivity index (χ3n) is 7.42. The summed E-state index contributed by atoms with van der Waals surface area (Å²) in [6, 6.07) is 21.4. The van der Waals surface area contributed by atoms with E-state index in [1.165, 1.54) is 49.9 Å². The molecule has 44 heavy (non-hydrogen) atoms. The molecule has 2 aromatic carbocycles. The largest absolute Gasteiger partial charge is 0.308 e. The summed E-state index contributed by atoms with van der Waals surface area (Å²) in [6.45, 7) is 34.2. The van der Waals surface area contributed by atoms with Crippen molar-refractivity contribution in [1.29, 1.82) is 0 Å². The normalized spacial score (nSPS) is 17.3. The van der Waals surface area contributed by atoms with Crippen LogP contribution in [-0.4, -0.2) is 58.4 Å². The quantitative estimate of drug-likeness (QED) is 0.361. The Hall–Kier alpha value is -1.76. The van der Waals surface area contributed by atoms with Crippen molar-refractivity contribution in [3.63, 3.8) is 0 Å². The van der Waals surface area contributed by atoms with Gasteiger partial charge in [-0.2, -0.15) is 5.06 Å². The van der Waals surface area contributed by atoms with Crippen LogP contribution in [0.1, 0.15) is 133 Å². The lowest BCUT2D eigenvalue weighted by atomic mass is 10.0. The minimum atomic E-state index is 0.176. The van der Waals surface area contributed by atoms with E-state index in [1.807, 2.05) is 12.1 Å². The zero-order valence-electron chi connectivity index (χ0n) is 31.0. The van der Waals surface area contributed by atoms with Crippen LogP contribution in [0, 0.1) is 0 Å². The lowest BCUT2D eigenvalue weighted by molar-refractivity contribution is -0.227. The first-order chi connectivity index (χ1) is 20.3. The van der Waals surface area contributed by atoms with Gasteiger partial charge in [0.05, 0.1) is 6.61 Å². The maximum absolute atomic E-state index is 5.48. The number of hydrogen-bond donors (Lipinski definition) is 2. The molecule has 2 fully saturated rings. The Kier molecular flexibility index (Phi) is 17.4. The van der Waals surface area contributed by atoms with Gasteiger partial charge < -0.3 is 10.6 Å². The van der Waals surface area contributed by atoms with Gasteiger partial charge in [0.1, 0.15) is 0 Å². The second kappa shape index (κ2) is 19.0. The Morgan fingerprint density at radius 2 is 1.14 bits per heavy atom. The molecule has 2 saturated heterocycles. The number of nitrogens with one attached hydrogen (secondary N) is 2. The van der Waals surface area contributed by atoms with Crippen LogP contribution in [0.5, 0.6) is 0 Å². The monoisotopic (exact) mass is 611 g/mol. The number of rotatable bonds is 4. The van der Waals surface area contributed by atoms with Gasteiger partial charge >= 0.3 is 0 Å². The molecule has 2 aliphatic rings. The summed E-state index contributed by atoms with van der Waals surface area (Å²) in [7, 11) is 0. The predicted molar refractivity (Wildman–Crippen MR) is 193 cm³/mol. The molecule has 5 nitrogen and oxygen atoms in total. The molecule has 2 heterocycles. The number of nitrogens with zero attached hydrogens (tertiary/aromatic N) is 2. The van der Waals surface area contributed by atoms with E-state index in [0.717, 1.165) is 19.7 Å². The summed E-state index contributed by atoms with van der Waals surface area (Å²) >= 11 is 0. The third-order valence-corrected chi connectivity index (χ3v) is 7.42. The summed E-state index contributed by atoms with van der Waals surface area (Å²) in [5.74, 6) is 0. The molecule has 0 aromatic heterocycles.